The molecule has 0 amide bonds. The number of thiophene rings is 1. The van der Waals surface area contributed by atoms with Crippen molar-refractivity contribution in [1.82, 2.24) is 0 Å². The van der Waals surface area contributed by atoms with E-state index >= 15 is 0 Å². The summed E-state index contributed by atoms with van der Waals surface area (Å²) in [5.41, 5.74) is 0.495. The highest BCUT2D eigenvalue weighted by Gasteiger charge is 2.22. The van der Waals surface area contributed by atoms with Crippen molar-refractivity contribution in [2.45, 2.75) is 5.92 Å². The number of carbonyl (C=O) groups is 1. The van der Waals surface area contributed by atoms with Gasteiger partial charge in [-0.3, -0.25) is 4.79 Å². The van der Waals surface area contributed by atoms with Crippen LogP contribution < -0.4 is 4.74 Å². The fourth-order valence-electron chi connectivity index (χ4n) is 1.65. The Morgan fingerprint density at radius 1 is 1.39 bits per heavy atom. The molecule has 0 bridgehead atoms. The molecule has 2 rings (SSSR count). The van der Waals surface area contributed by atoms with Crippen LogP contribution in [0.1, 0.15) is 21.2 Å². The van der Waals surface area contributed by atoms with Gasteiger partial charge in [-0.15, -0.1) is 11.3 Å². The SMILES string of the molecule is COc1cccc(C(=O)C(C#N)c2cccs2)c1. The summed E-state index contributed by atoms with van der Waals surface area (Å²) in [7, 11) is 1.55. The van der Waals surface area contributed by atoms with Crippen LogP contribution in [-0.2, 0) is 0 Å². The van der Waals surface area contributed by atoms with E-state index < -0.39 is 5.92 Å². The highest BCUT2D eigenvalue weighted by Crippen LogP contribution is 2.25. The quantitative estimate of drug-likeness (QED) is 0.790. The van der Waals surface area contributed by atoms with Gasteiger partial charge < -0.3 is 4.74 Å². The van der Waals surface area contributed by atoms with Crippen molar-refractivity contribution < 1.29 is 9.53 Å². The van der Waals surface area contributed by atoms with Gasteiger partial charge in [0, 0.05) is 10.4 Å². The van der Waals surface area contributed by atoms with E-state index in [1.54, 1.807) is 37.4 Å². The summed E-state index contributed by atoms with van der Waals surface area (Å²) < 4.78 is 5.08. The lowest BCUT2D eigenvalue weighted by Gasteiger charge is -2.07. The lowest BCUT2D eigenvalue weighted by molar-refractivity contribution is 0.0979. The molecular formula is C14H11NO2S. The Balaban J connectivity index is 2.32. The van der Waals surface area contributed by atoms with Crippen molar-refractivity contribution in [2.24, 2.45) is 0 Å². The maximum Gasteiger partial charge on any atom is 0.185 e. The average molecular weight is 257 g/mol. The Hall–Kier alpha value is -2.12. The van der Waals surface area contributed by atoms with E-state index in [0.717, 1.165) is 4.88 Å². The number of nitrogens with zero attached hydrogens (tertiary/aromatic N) is 1. The Labute approximate surface area is 109 Å². The van der Waals surface area contributed by atoms with Gasteiger partial charge in [0.2, 0.25) is 0 Å². The van der Waals surface area contributed by atoms with Crippen LogP contribution in [0.4, 0.5) is 0 Å². The van der Waals surface area contributed by atoms with E-state index in [1.807, 2.05) is 11.4 Å². The first-order chi connectivity index (χ1) is 8.76. The van der Waals surface area contributed by atoms with Crippen molar-refractivity contribution in [1.29, 1.82) is 5.26 Å². The second-order valence-electron chi connectivity index (χ2n) is 3.67. The van der Waals surface area contributed by atoms with Gasteiger partial charge in [0.25, 0.3) is 0 Å². The molecule has 0 N–H and O–H groups in total. The molecule has 0 aliphatic carbocycles. The number of carbonyl (C=O) groups excluding carboxylic acids is 1. The Bertz CT molecular complexity index is 584. The fraction of sp³-hybridized carbons (Fsp3) is 0.143. The molecule has 0 saturated carbocycles. The number of hydrogen-bond donors (Lipinski definition) is 0. The molecule has 1 heterocycles. The molecule has 0 aliphatic heterocycles. The second kappa shape index (κ2) is 5.48. The van der Waals surface area contributed by atoms with Gasteiger partial charge in [-0.25, -0.2) is 0 Å². The largest absolute Gasteiger partial charge is 0.497 e. The second-order valence-corrected chi connectivity index (χ2v) is 4.65. The summed E-state index contributed by atoms with van der Waals surface area (Å²) in [6.45, 7) is 0. The minimum Gasteiger partial charge on any atom is -0.497 e. The van der Waals surface area contributed by atoms with E-state index in [-0.39, 0.29) is 5.78 Å². The van der Waals surface area contributed by atoms with Crippen LogP contribution in [0.15, 0.2) is 41.8 Å². The number of nitriles is 1. The number of Topliss-reactive ketones (excluding diaryl/α,β-unsaturated/α-hetero) is 1. The third-order valence-corrected chi connectivity index (χ3v) is 3.51. The molecule has 0 saturated heterocycles. The number of benzene rings is 1. The van der Waals surface area contributed by atoms with Crippen LogP contribution in [0, 0.1) is 11.3 Å². The zero-order valence-electron chi connectivity index (χ0n) is 9.79. The maximum atomic E-state index is 12.3. The normalized spacial score (nSPS) is 11.6. The average Bonchev–Trinajstić information content (AvgIpc) is 2.93. The van der Waals surface area contributed by atoms with Crippen molar-refractivity contribution in [3.63, 3.8) is 0 Å². The lowest BCUT2D eigenvalue weighted by Crippen LogP contribution is -2.10. The number of hydrogen-bond acceptors (Lipinski definition) is 4. The lowest BCUT2D eigenvalue weighted by atomic mass is 9.97. The number of rotatable bonds is 4. The molecule has 1 unspecified atom stereocenters. The molecule has 1 aromatic carbocycles. The zero-order valence-corrected chi connectivity index (χ0v) is 10.6. The number of ether oxygens (including phenoxy) is 1. The van der Waals surface area contributed by atoms with Crippen molar-refractivity contribution in [3.8, 4) is 11.8 Å². The minimum atomic E-state index is -0.739. The summed E-state index contributed by atoms with van der Waals surface area (Å²) in [5.74, 6) is -0.320. The van der Waals surface area contributed by atoms with Crippen LogP contribution in [0.25, 0.3) is 0 Å². The summed E-state index contributed by atoms with van der Waals surface area (Å²) in [4.78, 5) is 13.0. The van der Waals surface area contributed by atoms with Gasteiger partial charge in [0.05, 0.1) is 13.2 Å². The summed E-state index contributed by atoms with van der Waals surface area (Å²) in [6, 6.07) is 12.6. The van der Waals surface area contributed by atoms with E-state index in [4.69, 9.17) is 10.00 Å². The summed E-state index contributed by atoms with van der Waals surface area (Å²) in [6.07, 6.45) is 0. The maximum absolute atomic E-state index is 12.3. The molecule has 4 heteroatoms. The van der Waals surface area contributed by atoms with Crippen molar-refractivity contribution >= 4 is 17.1 Å². The highest BCUT2D eigenvalue weighted by atomic mass is 32.1. The van der Waals surface area contributed by atoms with Gasteiger partial charge in [0.15, 0.2) is 5.78 Å². The molecule has 0 fully saturated rings. The van der Waals surface area contributed by atoms with Crippen LogP contribution >= 0.6 is 11.3 Å². The van der Waals surface area contributed by atoms with Gasteiger partial charge in [-0.2, -0.15) is 5.26 Å². The van der Waals surface area contributed by atoms with Gasteiger partial charge in [0.1, 0.15) is 11.7 Å². The number of ketones is 1. The topological polar surface area (TPSA) is 50.1 Å². The standard InChI is InChI=1S/C14H11NO2S/c1-17-11-5-2-4-10(8-11)14(16)12(9-15)13-6-3-7-18-13/h2-8,12H,1H3. The zero-order chi connectivity index (χ0) is 13.0. The van der Waals surface area contributed by atoms with Gasteiger partial charge >= 0.3 is 0 Å². The van der Waals surface area contributed by atoms with E-state index in [0.29, 0.717) is 11.3 Å². The van der Waals surface area contributed by atoms with E-state index in [9.17, 15) is 4.79 Å². The molecule has 0 spiro atoms. The van der Waals surface area contributed by atoms with Crippen LogP contribution in [0.3, 0.4) is 0 Å². The van der Waals surface area contributed by atoms with Crippen molar-refractivity contribution in [2.75, 3.05) is 7.11 Å². The first kappa shape index (κ1) is 12.3. The minimum absolute atomic E-state index is 0.196. The molecule has 18 heavy (non-hydrogen) atoms. The van der Waals surface area contributed by atoms with E-state index in [2.05, 4.69) is 6.07 Å². The number of methoxy groups -OCH3 is 1. The first-order valence-electron chi connectivity index (χ1n) is 5.37. The predicted octanol–water partition coefficient (Wildman–Crippen LogP) is 3.25. The third kappa shape index (κ3) is 2.41. The van der Waals surface area contributed by atoms with Gasteiger partial charge in [-0.1, -0.05) is 18.2 Å². The highest BCUT2D eigenvalue weighted by molar-refractivity contribution is 7.10. The Morgan fingerprint density at radius 3 is 2.83 bits per heavy atom. The molecule has 1 aromatic heterocycles. The van der Waals surface area contributed by atoms with E-state index in [1.165, 1.54) is 11.3 Å². The smallest absolute Gasteiger partial charge is 0.185 e. The summed E-state index contributed by atoms with van der Waals surface area (Å²) in [5, 5.41) is 11.0. The summed E-state index contributed by atoms with van der Waals surface area (Å²) >= 11 is 1.41. The van der Waals surface area contributed by atoms with Crippen LogP contribution in [0.2, 0.25) is 0 Å². The van der Waals surface area contributed by atoms with Gasteiger partial charge in [-0.05, 0) is 23.6 Å². The molecule has 2 aromatic rings. The first-order valence-corrected chi connectivity index (χ1v) is 6.25. The molecule has 0 radical (unpaired) electrons. The molecule has 0 aliphatic rings. The fourth-order valence-corrected chi connectivity index (χ4v) is 2.42. The Morgan fingerprint density at radius 2 is 2.22 bits per heavy atom. The molecule has 3 nitrogen and oxygen atoms in total. The molecular weight excluding hydrogens is 246 g/mol. The Kier molecular flexibility index (Phi) is 3.75. The molecule has 1 atom stereocenters. The van der Waals surface area contributed by atoms with Crippen LogP contribution in [0.5, 0.6) is 5.75 Å². The predicted molar refractivity (Wildman–Crippen MR) is 70.0 cm³/mol. The monoisotopic (exact) mass is 257 g/mol. The molecule has 90 valence electrons. The van der Waals surface area contributed by atoms with Crippen molar-refractivity contribution in [3.05, 3.63) is 52.2 Å². The van der Waals surface area contributed by atoms with Crippen LogP contribution in [-0.4, -0.2) is 12.9 Å². The third-order valence-electron chi connectivity index (χ3n) is 2.57.